The number of benzene rings is 1. The highest BCUT2D eigenvalue weighted by Crippen LogP contribution is 2.53. The molecule has 2 aliphatic carbocycles. The number of carbonyl (C=O) groups is 2. The number of carbonyl (C=O) groups excluding carboxylic acids is 2. The van der Waals surface area contributed by atoms with Gasteiger partial charge in [-0.05, 0) is 67.7 Å². The molecule has 8 heteroatoms. The fraction of sp³-hybridized carbons (Fsp3) is 0.414. The summed E-state index contributed by atoms with van der Waals surface area (Å²) in [5.74, 6) is -0.623. The van der Waals surface area contributed by atoms with Gasteiger partial charge < -0.3 is 10.5 Å². The molecule has 192 valence electrons. The van der Waals surface area contributed by atoms with Gasteiger partial charge >= 0.3 is 5.97 Å². The monoisotopic (exact) mass is 579 g/mol. The minimum atomic E-state index is -0.548. The summed E-state index contributed by atoms with van der Waals surface area (Å²) in [5, 5.41) is 11.0. The predicted octanol–water partition coefficient (Wildman–Crippen LogP) is 6.51. The maximum atomic E-state index is 13.8. The van der Waals surface area contributed by atoms with E-state index in [9.17, 15) is 14.9 Å². The molecule has 0 saturated heterocycles. The van der Waals surface area contributed by atoms with Gasteiger partial charge in [-0.3, -0.25) is 9.69 Å². The average Bonchev–Trinajstić information content (AvgIpc) is 3.22. The Balaban J connectivity index is 1.79. The van der Waals surface area contributed by atoms with Crippen molar-refractivity contribution in [1.29, 1.82) is 5.26 Å². The van der Waals surface area contributed by atoms with Crippen molar-refractivity contribution in [3.63, 3.8) is 0 Å². The number of hydrogen-bond acceptors (Lipinski definition) is 7. The molecule has 1 aliphatic heterocycles. The maximum Gasteiger partial charge on any atom is 0.341 e. The van der Waals surface area contributed by atoms with Gasteiger partial charge in [0.15, 0.2) is 5.78 Å². The number of ketones is 1. The summed E-state index contributed by atoms with van der Waals surface area (Å²) in [6, 6.07) is 10.0. The molecule has 2 aromatic rings. The number of esters is 1. The molecule has 0 fully saturated rings. The molecule has 5 rings (SSSR count). The van der Waals surface area contributed by atoms with Gasteiger partial charge in [-0.2, -0.15) is 5.26 Å². The number of thiophene rings is 1. The average molecular weight is 581 g/mol. The number of ether oxygens (including phenoxy) is 1. The SMILES string of the molecule is CCOC(=O)c1c(N2C(N)=C(C#N)[C@H](c3ccc(Br)cc3)C3=C2CC(C)(C)CC3=O)sc2c1CCCC2. The van der Waals surface area contributed by atoms with Crippen LogP contribution in [0.2, 0.25) is 0 Å². The number of anilines is 1. The van der Waals surface area contributed by atoms with Crippen LogP contribution in [-0.2, 0) is 22.4 Å². The van der Waals surface area contributed by atoms with Gasteiger partial charge in [0.2, 0.25) is 0 Å². The lowest BCUT2D eigenvalue weighted by Crippen LogP contribution is -2.42. The number of allylic oxidation sites excluding steroid dienone is 3. The number of aryl methyl sites for hydroxylation is 1. The number of Topliss-reactive ketones (excluding diaryl/α,β-unsaturated/α-hetero) is 1. The number of fused-ring (bicyclic) bond motifs is 1. The van der Waals surface area contributed by atoms with Gasteiger partial charge in [0.1, 0.15) is 10.8 Å². The first-order valence-electron chi connectivity index (χ1n) is 12.7. The van der Waals surface area contributed by atoms with Crippen LogP contribution in [0.25, 0.3) is 0 Å². The second kappa shape index (κ2) is 9.77. The van der Waals surface area contributed by atoms with E-state index in [1.165, 1.54) is 0 Å². The predicted molar refractivity (Wildman–Crippen MR) is 148 cm³/mol. The van der Waals surface area contributed by atoms with E-state index in [0.29, 0.717) is 34.6 Å². The first-order chi connectivity index (χ1) is 17.7. The van der Waals surface area contributed by atoms with E-state index in [1.807, 2.05) is 29.2 Å². The van der Waals surface area contributed by atoms with Crippen molar-refractivity contribution in [2.24, 2.45) is 11.1 Å². The molecular formula is C29H30BrN3O3S. The smallest absolute Gasteiger partial charge is 0.341 e. The van der Waals surface area contributed by atoms with Gasteiger partial charge in [0.05, 0.1) is 29.7 Å². The van der Waals surface area contributed by atoms with Crippen LogP contribution in [0.3, 0.4) is 0 Å². The summed E-state index contributed by atoms with van der Waals surface area (Å²) in [4.78, 5) is 30.1. The lowest BCUT2D eigenvalue weighted by Gasteiger charge is -2.43. The van der Waals surface area contributed by atoms with Crippen molar-refractivity contribution >= 4 is 44.0 Å². The van der Waals surface area contributed by atoms with Crippen molar-refractivity contribution in [2.75, 3.05) is 11.5 Å². The molecule has 0 saturated carbocycles. The Morgan fingerprint density at radius 1 is 1.24 bits per heavy atom. The van der Waals surface area contributed by atoms with Crippen LogP contribution in [0, 0.1) is 16.7 Å². The van der Waals surface area contributed by atoms with E-state index in [0.717, 1.165) is 51.9 Å². The first kappa shape index (κ1) is 25.7. The lowest BCUT2D eigenvalue weighted by molar-refractivity contribution is -0.118. The topological polar surface area (TPSA) is 96.4 Å². The molecule has 0 amide bonds. The number of nitrogens with two attached hydrogens (primary N) is 1. The number of nitriles is 1. The zero-order chi connectivity index (χ0) is 26.5. The van der Waals surface area contributed by atoms with Crippen LogP contribution < -0.4 is 10.6 Å². The molecule has 6 nitrogen and oxygen atoms in total. The van der Waals surface area contributed by atoms with Gasteiger partial charge in [-0.15, -0.1) is 11.3 Å². The summed E-state index contributed by atoms with van der Waals surface area (Å²) in [6.07, 6.45) is 4.76. The van der Waals surface area contributed by atoms with Crippen molar-refractivity contribution in [3.8, 4) is 6.07 Å². The Hall–Kier alpha value is -2.89. The Morgan fingerprint density at radius 2 is 1.95 bits per heavy atom. The van der Waals surface area contributed by atoms with Gasteiger partial charge in [0, 0.05) is 27.0 Å². The van der Waals surface area contributed by atoms with Crippen LogP contribution in [0.1, 0.15) is 78.7 Å². The van der Waals surface area contributed by atoms with E-state index in [-0.39, 0.29) is 29.6 Å². The normalized spacial score (nSPS) is 20.9. The molecule has 0 spiro atoms. The van der Waals surface area contributed by atoms with Crippen molar-refractivity contribution < 1.29 is 14.3 Å². The molecule has 0 bridgehead atoms. The highest BCUT2D eigenvalue weighted by molar-refractivity contribution is 9.10. The molecule has 37 heavy (non-hydrogen) atoms. The quantitative estimate of drug-likeness (QED) is 0.415. The highest BCUT2D eigenvalue weighted by Gasteiger charge is 2.46. The molecular weight excluding hydrogens is 550 g/mol. The van der Waals surface area contributed by atoms with Crippen molar-refractivity contribution in [3.05, 3.63) is 73.0 Å². The van der Waals surface area contributed by atoms with Crippen molar-refractivity contribution in [1.82, 2.24) is 0 Å². The third-order valence-corrected chi connectivity index (χ3v) is 9.23. The highest BCUT2D eigenvalue weighted by atomic mass is 79.9. The summed E-state index contributed by atoms with van der Waals surface area (Å²) < 4.78 is 6.42. The fourth-order valence-corrected chi connectivity index (χ4v) is 7.53. The van der Waals surface area contributed by atoms with E-state index in [4.69, 9.17) is 10.5 Å². The van der Waals surface area contributed by atoms with Gasteiger partial charge in [-0.25, -0.2) is 4.79 Å². The van der Waals surface area contributed by atoms with Crippen LogP contribution in [0.4, 0.5) is 5.00 Å². The van der Waals surface area contributed by atoms with Gasteiger partial charge in [0.25, 0.3) is 0 Å². The van der Waals surface area contributed by atoms with Gasteiger partial charge in [-0.1, -0.05) is 41.9 Å². The molecule has 1 aromatic carbocycles. The van der Waals surface area contributed by atoms with E-state index in [1.54, 1.807) is 18.3 Å². The second-order valence-corrected chi connectivity index (χ2v) is 12.6. The van der Waals surface area contributed by atoms with Crippen molar-refractivity contribution in [2.45, 2.75) is 65.2 Å². The van der Waals surface area contributed by atoms with Crippen LogP contribution >= 0.6 is 27.3 Å². The molecule has 2 N–H and O–H groups in total. The Labute approximate surface area is 229 Å². The third kappa shape index (κ3) is 4.42. The molecule has 1 atom stereocenters. The fourth-order valence-electron chi connectivity index (χ4n) is 5.85. The Bertz CT molecular complexity index is 1390. The minimum Gasteiger partial charge on any atom is -0.462 e. The second-order valence-electron chi connectivity index (χ2n) is 10.6. The zero-order valence-electron chi connectivity index (χ0n) is 21.3. The zero-order valence-corrected chi connectivity index (χ0v) is 23.7. The maximum absolute atomic E-state index is 13.8. The largest absolute Gasteiger partial charge is 0.462 e. The molecule has 3 aliphatic rings. The third-order valence-electron chi connectivity index (χ3n) is 7.42. The van der Waals surface area contributed by atoms with E-state index >= 15 is 0 Å². The number of halogens is 1. The van der Waals surface area contributed by atoms with E-state index in [2.05, 4.69) is 35.8 Å². The van der Waals surface area contributed by atoms with Crippen LogP contribution in [0.5, 0.6) is 0 Å². The molecule has 2 heterocycles. The Kier molecular flexibility index (Phi) is 6.80. The van der Waals surface area contributed by atoms with E-state index < -0.39 is 5.92 Å². The minimum absolute atomic E-state index is 0.0171. The molecule has 0 radical (unpaired) electrons. The molecule has 0 unspecified atom stereocenters. The first-order valence-corrected chi connectivity index (χ1v) is 14.3. The van der Waals surface area contributed by atoms with Crippen LogP contribution in [-0.4, -0.2) is 18.4 Å². The summed E-state index contributed by atoms with van der Waals surface area (Å²) in [6.45, 7) is 6.22. The number of rotatable bonds is 4. The number of hydrogen-bond donors (Lipinski definition) is 1. The number of nitrogens with zero attached hydrogens (tertiary/aromatic N) is 2. The standard InChI is InChI=1S/C29H30BrN3O3S/c1-4-36-28(35)24-18-7-5-6-8-22(18)37-27(24)33-20-13-29(2,3)14-21(34)25(20)23(19(15-31)26(33)32)16-9-11-17(30)12-10-16/h9-12,23H,4-8,13-14,32H2,1-3H3/t23-/m0/s1. The lowest BCUT2D eigenvalue weighted by atomic mass is 9.68. The van der Waals surface area contributed by atoms with Crippen LogP contribution in [0.15, 0.2) is 51.4 Å². The summed E-state index contributed by atoms with van der Waals surface area (Å²) in [7, 11) is 0. The summed E-state index contributed by atoms with van der Waals surface area (Å²) in [5.41, 5.74) is 10.7. The summed E-state index contributed by atoms with van der Waals surface area (Å²) >= 11 is 5.02. The molecule has 1 aromatic heterocycles. The Morgan fingerprint density at radius 3 is 2.62 bits per heavy atom.